The summed E-state index contributed by atoms with van der Waals surface area (Å²) in [6, 6.07) is 12.0. The molecule has 3 nitrogen and oxygen atoms in total. The Kier molecular flexibility index (Phi) is 4.16. The predicted octanol–water partition coefficient (Wildman–Crippen LogP) is 1.68. The quantitative estimate of drug-likeness (QED) is 0.877. The average Bonchev–Trinajstić information content (AvgIpc) is 2.63. The summed E-state index contributed by atoms with van der Waals surface area (Å²) in [5.74, 6) is 0. The molecule has 0 bridgehead atoms. The van der Waals surface area contributed by atoms with Gasteiger partial charge in [0.15, 0.2) is 0 Å². The van der Waals surface area contributed by atoms with Gasteiger partial charge in [0, 0.05) is 38.3 Å². The number of hydrogen-bond acceptors (Lipinski definition) is 3. The Morgan fingerprint density at radius 1 is 1.00 bits per heavy atom. The molecule has 3 rings (SSSR count). The van der Waals surface area contributed by atoms with Crippen molar-refractivity contribution in [2.75, 3.05) is 26.2 Å². The molecule has 3 heteroatoms. The molecule has 1 aromatic carbocycles. The van der Waals surface area contributed by atoms with Gasteiger partial charge in [-0.1, -0.05) is 30.3 Å². The zero-order valence-electron chi connectivity index (χ0n) is 11.7. The Balaban J connectivity index is 1.58. The Bertz CT molecular complexity index is 392. The SMILES string of the molecule is NC1CCN2CCN(Cc3ccccc3)CCC2C1. The van der Waals surface area contributed by atoms with Gasteiger partial charge >= 0.3 is 0 Å². The smallest absolute Gasteiger partial charge is 0.0234 e. The van der Waals surface area contributed by atoms with Crippen molar-refractivity contribution in [2.24, 2.45) is 5.73 Å². The highest BCUT2D eigenvalue weighted by atomic mass is 15.2. The van der Waals surface area contributed by atoms with E-state index in [4.69, 9.17) is 5.73 Å². The highest BCUT2D eigenvalue weighted by molar-refractivity contribution is 5.14. The van der Waals surface area contributed by atoms with Crippen molar-refractivity contribution in [3.63, 3.8) is 0 Å². The summed E-state index contributed by atoms with van der Waals surface area (Å²) in [7, 11) is 0. The van der Waals surface area contributed by atoms with E-state index in [2.05, 4.69) is 40.1 Å². The molecule has 0 radical (unpaired) electrons. The molecule has 2 fully saturated rings. The van der Waals surface area contributed by atoms with E-state index in [1.54, 1.807) is 0 Å². The van der Waals surface area contributed by atoms with Gasteiger partial charge in [0.2, 0.25) is 0 Å². The van der Waals surface area contributed by atoms with Crippen LogP contribution < -0.4 is 5.73 Å². The summed E-state index contributed by atoms with van der Waals surface area (Å²) >= 11 is 0. The number of nitrogens with two attached hydrogens (primary N) is 1. The van der Waals surface area contributed by atoms with Crippen LogP contribution in [0.4, 0.5) is 0 Å². The van der Waals surface area contributed by atoms with E-state index in [0.29, 0.717) is 6.04 Å². The lowest BCUT2D eigenvalue weighted by molar-refractivity contribution is 0.142. The largest absolute Gasteiger partial charge is 0.328 e. The predicted molar refractivity (Wildman–Crippen MR) is 78.9 cm³/mol. The summed E-state index contributed by atoms with van der Waals surface area (Å²) in [5, 5.41) is 0. The molecule has 0 aromatic heterocycles. The fourth-order valence-corrected chi connectivity index (χ4v) is 3.44. The minimum Gasteiger partial charge on any atom is -0.328 e. The van der Waals surface area contributed by atoms with Crippen molar-refractivity contribution in [2.45, 2.75) is 37.9 Å². The maximum atomic E-state index is 6.11. The van der Waals surface area contributed by atoms with Crippen LogP contribution in [0.2, 0.25) is 0 Å². The Morgan fingerprint density at radius 2 is 1.84 bits per heavy atom. The zero-order valence-corrected chi connectivity index (χ0v) is 11.7. The van der Waals surface area contributed by atoms with Crippen LogP contribution in [0.5, 0.6) is 0 Å². The molecule has 0 amide bonds. The van der Waals surface area contributed by atoms with E-state index in [1.807, 2.05) is 0 Å². The van der Waals surface area contributed by atoms with Gasteiger partial charge in [-0.3, -0.25) is 9.80 Å². The van der Waals surface area contributed by atoms with Crippen LogP contribution in [-0.2, 0) is 6.54 Å². The first kappa shape index (κ1) is 13.1. The van der Waals surface area contributed by atoms with Crippen molar-refractivity contribution in [1.82, 2.24) is 9.80 Å². The summed E-state index contributed by atoms with van der Waals surface area (Å²) in [6.07, 6.45) is 3.65. The van der Waals surface area contributed by atoms with Crippen LogP contribution in [-0.4, -0.2) is 48.1 Å². The van der Waals surface area contributed by atoms with Crippen molar-refractivity contribution in [1.29, 1.82) is 0 Å². The molecular formula is C16H25N3. The first-order chi connectivity index (χ1) is 9.31. The molecule has 1 aromatic rings. The van der Waals surface area contributed by atoms with Crippen LogP contribution in [0.25, 0.3) is 0 Å². The average molecular weight is 259 g/mol. The van der Waals surface area contributed by atoms with E-state index in [-0.39, 0.29) is 0 Å². The van der Waals surface area contributed by atoms with Crippen molar-refractivity contribution in [3.8, 4) is 0 Å². The van der Waals surface area contributed by atoms with Crippen LogP contribution in [0, 0.1) is 0 Å². The molecule has 2 aliphatic heterocycles. The zero-order chi connectivity index (χ0) is 13.1. The molecule has 2 saturated heterocycles. The van der Waals surface area contributed by atoms with E-state index in [1.165, 1.54) is 51.0 Å². The topological polar surface area (TPSA) is 32.5 Å². The summed E-state index contributed by atoms with van der Waals surface area (Å²) in [5.41, 5.74) is 7.54. The highest BCUT2D eigenvalue weighted by Gasteiger charge is 2.29. The molecule has 0 aliphatic carbocycles. The van der Waals surface area contributed by atoms with Gasteiger partial charge in [-0.05, 0) is 31.4 Å². The maximum absolute atomic E-state index is 6.11. The summed E-state index contributed by atoms with van der Waals surface area (Å²) in [6.45, 7) is 5.91. The van der Waals surface area contributed by atoms with Crippen molar-refractivity contribution >= 4 is 0 Å². The van der Waals surface area contributed by atoms with Gasteiger partial charge in [-0.2, -0.15) is 0 Å². The van der Waals surface area contributed by atoms with Gasteiger partial charge in [0.25, 0.3) is 0 Å². The number of fused-ring (bicyclic) bond motifs is 1. The Morgan fingerprint density at radius 3 is 2.68 bits per heavy atom. The molecule has 2 heterocycles. The number of benzene rings is 1. The van der Waals surface area contributed by atoms with Gasteiger partial charge in [0.05, 0.1) is 0 Å². The van der Waals surface area contributed by atoms with Crippen molar-refractivity contribution in [3.05, 3.63) is 35.9 Å². The third-order valence-electron chi connectivity index (χ3n) is 4.61. The maximum Gasteiger partial charge on any atom is 0.0234 e. The molecule has 19 heavy (non-hydrogen) atoms. The minimum absolute atomic E-state index is 0.432. The second-order valence-electron chi connectivity index (χ2n) is 6.02. The first-order valence-electron chi connectivity index (χ1n) is 7.57. The molecule has 2 N–H and O–H groups in total. The third-order valence-corrected chi connectivity index (χ3v) is 4.61. The molecule has 2 aliphatic rings. The fourth-order valence-electron chi connectivity index (χ4n) is 3.44. The second-order valence-corrected chi connectivity index (χ2v) is 6.02. The van der Waals surface area contributed by atoms with Gasteiger partial charge < -0.3 is 5.73 Å². The van der Waals surface area contributed by atoms with Crippen molar-refractivity contribution < 1.29 is 0 Å². The molecule has 2 unspecified atom stereocenters. The van der Waals surface area contributed by atoms with E-state index in [9.17, 15) is 0 Å². The molecule has 0 spiro atoms. The Labute approximate surface area is 116 Å². The van der Waals surface area contributed by atoms with Crippen LogP contribution in [0.1, 0.15) is 24.8 Å². The molecule has 0 saturated carbocycles. The second kappa shape index (κ2) is 6.04. The third kappa shape index (κ3) is 3.35. The number of nitrogens with zero attached hydrogens (tertiary/aromatic N) is 2. The number of hydrogen-bond donors (Lipinski definition) is 1. The fraction of sp³-hybridized carbons (Fsp3) is 0.625. The van der Waals surface area contributed by atoms with Gasteiger partial charge in [-0.15, -0.1) is 0 Å². The highest BCUT2D eigenvalue weighted by Crippen LogP contribution is 2.22. The monoisotopic (exact) mass is 259 g/mol. The lowest BCUT2D eigenvalue weighted by Gasteiger charge is -2.36. The van der Waals surface area contributed by atoms with E-state index in [0.717, 1.165) is 12.6 Å². The standard InChI is InChI=1S/C16H25N3/c17-15-6-9-19-11-10-18(8-7-16(19)12-15)13-14-4-2-1-3-5-14/h1-5,15-16H,6-13,17H2. The Hall–Kier alpha value is -0.900. The number of piperidine rings is 1. The van der Waals surface area contributed by atoms with Gasteiger partial charge in [-0.25, -0.2) is 0 Å². The summed E-state index contributed by atoms with van der Waals surface area (Å²) < 4.78 is 0. The summed E-state index contributed by atoms with van der Waals surface area (Å²) in [4.78, 5) is 5.26. The molecular weight excluding hydrogens is 234 g/mol. The molecule has 2 atom stereocenters. The lowest BCUT2D eigenvalue weighted by atomic mass is 9.96. The molecule has 104 valence electrons. The van der Waals surface area contributed by atoms with Gasteiger partial charge in [0.1, 0.15) is 0 Å². The number of rotatable bonds is 2. The normalized spacial score (nSPS) is 29.7. The lowest BCUT2D eigenvalue weighted by Crippen LogP contribution is -2.47. The van der Waals surface area contributed by atoms with Crippen LogP contribution in [0.15, 0.2) is 30.3 Å². The minimum atomic E-state index is 0.432. The first-order valence-corrected chi connectivity index (χ1v) is 7.57. The van der Waals surface area contributed by atoms with Crippen LogP contribution in [0.3, 0.4) is 0 Å². The van der Waals surface area contributed by atoms with E-state index < -0.39 is 0 Å². The van der Waals surface area contributed by atoms with Crippen LogP contribution >= 0.6 is 0 Å². The van der Waals surface area contributed by atoms with E-state index >= 15 is 0 Å².